The van der Waals surface area contributed by atoms with Gasteiger partial charge in [0, 0.05) is 24.2 Å². The fourth-order valence-corrected chi connectivity index (χ4v) is 3.53. The third kappa shape index (κ3) is 2.81. The van der Waals surface area contributed by atoms with Gasteiger partial charge in [0.1, 0.15) is 15.9 Å². The highest BCUT2D eigenvalue weighted by Gasteiger charge is 2.14. The number of aromatic nitrogens is 5. The van der Waals surface area contributed by atoms with Gasteiger partial charge in [-0.3, -0.25) is 4.98 Å². The van der Waals surface area contributed by atoms with E-state index in [1.165, 1.54) is 0 Å². The standard InChI is InChI=1S/C17H12ClN5S/c1-11-16(24-17(20-11)12-4-3-8-19-10-12)13-7-9-23(22-13)15-6-2-5-14(18)21-15/h2-10H,1H3. The summed E-state index contributed by atoms with van der Waals surface area (Å²) in [6.45, 7) is 1.99. The van der Waals surface area contributed by atoms with E-state index in [1.54, 1.807) is 28.3 Å². The highest BCUT2D eigenvalue weighted by Crippen LogP contribution is 2.34. The van der Waals surface area contributed by atoms with Crippen LogP contribution in [0.2, 0.25) is 5.15 Å². The molecule has 0 saturated carbocycles. The molecule has 24 heavy (non-hydrogen) atoms. The number of halogens is 1. The summed E-state index contributed by atoms with van der Waals surface area (Å²) in [6, 6.07) is 11.3. The lowest BCUT2D eigenvalue weighted by Crippen LogP contribution is -1.97. The molecule has 0 bridgehead atoms. The molecular weight excluding hydrogens is 342 g/mol. The zero-order valence-corrected chi connectivity index (χ0v) is 14.3. The molecule has 4 aromatic rings. The van der Waals surface area contributed by atoms with Crippen molar-refractivity contribution in [1.29, 1.82) is 0 Å². The van der Waals surface area contributed by atoms with Crippen molar-refractivity contribution in [2.45, 2.75) is 6.92 Å². The van der Waals surface area contributed by atoms with Crippen molar-refractivity contribution < 1.29 is 0 Å². The van der Waals surface area contributed by atoms with Gasteiger partial charge in [-0.2, -0.15) is 5.10 Å². The monoisotopic (exact) mass is 353 g/mol. The molecule has 0 radical (unpaired) electrons. The maximum absolute atomic E-state index is 5.95. The molecule has 0 aliphatic heterocycles. The first-order valence-electron chi connectivity index (χ1n) is 7.27. The van der Waals surface area contributed by atoms with Gasteiger partial charge in [0.25, 0.3) is 0 Å². The summed E-state index contributed by atoms with van der Waals surface area (Å²) in [5, 5.41) is 5.99. The van der Waals surface area contributed by atoms with Gasteiger partial charge in [-0.1, -0.05) is 17.7 Å². The smallest absolute Gasteiger partial charge is 0.155 e. The van der Waals surface area contributed by atoms with Gasteiger partial charge in [-0.05, 0) is 37.3 Å². The van der Waals surface area contributed by atoms with Gasteiger partial charge in [0.05, 0.1) is 10.6 Å². The number of nitrogens with zero attached hydrogens (tertiary/aromatic N) is 5. The first-order chi connectivity index (χ1) is 11.7. The second-order valence-electron chi connectivity index (χ2n) is 5.14. The molecule has 5 nitrogen and oxygen atoms in total. The van der Waals surface area contributed by atoms with Crippen molar-refractivity contribution >= 4 is 22.9 Å². The van der Waals surface area contributed by atoms with Crippen LogP contribution in [-0.2, 0) is 0 Å². The Bertz CT molecular complexity index is 993. The first-order valence-corrected chi connectivity index (χ1v) is 8.47. The van der Waals surface area contributed by atoms with Crippen molar-refractivity contribution in [3.8, 4) is 27.0 Å². The molecule has 4 aromatic heterocycles. The van der Waals surface area contributed by atoms with Gasteiger partial charge in [-0.25, -0.2) is 14.6 Å². The van der Waals surface area contributed by atoms with E-state index < -0.39 is 0 Å². The van der Waals surface area contributed by atoms with E-state index in [2.05, 4.69) is 20.1 Å². The Morgan fingerprint density at radius 2 is 2.00 bits per heavy atom. The molecule has 7 heteroatoms. The quantitative estimate of drug-likeness (QED) is 0.512. The molecule has 0 aliphatic carbocycles. The Morgan fingerprint density at radius 1 is 1.08 bits per heavy atom. The Hall–Kier alpha value is -2.57. The zero-order valence-electron chi connectivity index (χ0n) is 12.7. The topological polar surface area (TPSA) is 56.5 Å². The minimum atomic E-state index is 0.442. The van der Waals surface area contributed by atoms with Crippen LogP contribution in [0.25, 0.3) is 27.0 Å². The Kier molecular flexibility index (Phi) is 3.84. The van der Waals surface area contributed by atoms with Crippen LogP contribution in [0, 0.1) is 6.92 Å². The van der Waals surface area contributed by atoms with E-state index in [4.69, 9.17) is 11.6 Å². The molecule has 4 heterocycles. The van der Waals surface area contributed by atoms with Crippen LogP contribution in [0.15, 0.2) is 55.0 Å². The van der Waals surface area contributed by atoms with Crippen LogP contribution >= 0.6 is 22.9 Å². The third-order valence-corrected chi connectivity index (χ3v) is 4.90. The van der Waals surface area contributed by atoms with Crippen LogP contribution in [0.4, 0.5) is 0 Å². The van der Waals surface area contributed by atoms with Crippen molar-refractivity contribution in [2.24, 2.45) is 0 Å². The molecule has 0 aromatic carbocycles. The molecule has 0 amide bonds. The number of hydrogen-bond acceptors (Lipinski definition) is 5. The maximum Gasteiger partial charge on any atom is 0.155 e. The van der Waals surface area contributed by atoms with Gasteiger partial charge < -0.3 is 0 Å². The van der Waals surface area contributed by atoms with Gasteiger partial charge >= 0.3 is 0 Å². The number of thiazole rings is 1. The van der Waals surface area contributed by atoms with Gasteiger partial charge in [0.15, 0.2) is 5.82 Å². The Labute approximate surface area is 147 Å². The van der Waals surface area contributed by atoms with Crippen LogP contribution in [-0.4, -0.2) is 24.7 Å². The van der Waals surface area contributed by atoms with E-state index >= 15 is 0 Å². The van der Waals surface area contributed by atoms with Gasteiger partial charge in [0.2, 0.25) is 0 Å². The average Bonchev–Trinajstić information content (AvgIpc) is 3.22. The highest BCUT2D eigenvalue weighted by atomic mass is 35.5. The minimum Gasteiger partial charge on any atom is -0.264 e. The van der Waals surface area contributed by atoms with E-state index in [9.17, 15) is 0 Å². The van der Waals surface area contributed by atoms with E-state index in [-0.39, 0.29) is 0 Å². The lowest BCUT2D eigenvalue weighted by molar-refractivity contribution is 0.851. The number of aryl methyl sites for hydroxylation is 1. The second kappa shape index (κ2) is 6.14. The van der Waals surface area contributed by atoms with Crippen LogP contribution < -0.4 is 0 Å². The highest BCUT2D eigenvalue weighted by molar-refractivity contribution is 7.18. The van der Waals surface area contributed by atoms with Gasteiger partial charge in [-0.15, -0.1) is 11.3 Å². The van der Waals surface area contributed by atoms with E-state index in [0.29, 0.717) is 11.0 Å². The predicted octanol–water partition coefficient (Wildman–Crippen LogP) is 4.41. The maximum atomic E-state index is 5.95. The minimum absolute atomic E-state index is 0.442. The Balaban J connectivity index is 1.72. The first kappa shape index (κ1) is 15.0. The second-order valence-corrected chi connectivity index (χ2v) is 6.53. The summed E-state index contributed by atoms with van der Waals surface area (Å²) in [4.78, 5) is 14.1. The molecule has 0 N–H and O–H groups in total. The third-order valence-electron chi connectivity index (χ3n) is 3.46. The molecule has 0 saturated heterocycles. The summed E-state index contributed by atoms with van der Waals surface area (Å²) in [5.41, 5.74) is 2.82. The lowest BCUT2D eigenvalue weighted by atomic mass is 10.3. The van der Waals surface area contributed by atoms with Crippen LogP contribution in [0.5, 0.6) is 0 Å². The fourth-order valence-electron chi connectivity index (χ4n) is 2.34. The molecule has 0 aliphatic rings. The van der Waals surface area contributed by atoms with Crippen molar-refractivity contribution in [1.82, 2.24) is 24.7 Å². The fraction of sp³-hybridized carbons (Fsp3) is 0.0588. The lowest BCUT2D eigenvalue weighted by Gasteiger charge is -1.99. The van der Waals surface area contributed by atoms with E-state index in [0.717, 1.165) is 26.8 Å². The van der Waals surface area contributed by atoms with Crippen LogP contribution in [0.3, 0.4) is 0 Å². The number of pyridine rings is 2. The van der Waals surface area contributed by atoms with Crippen molar-refractivity contribution in [3.63, 3.8) is 0 Å². The largest absolute Gasteiger partial charge is 0.264 e. The summed E-state index contributed by atoms with van der Waals surface area (Å²) < 4.78 is 1.71. The molecule has 0 fully saturated rings. The Morgan fingerprint density at radius 3 is 2.79 bits per heavy atom. The molecule has 0 atom stereocenters. The molecule has 118 valence electrons. The summed E-state index contributed by atoms with van der Waals surface area (Å²) in [5.74, 6) is 0.684. The van der Waals surface area contributed by atoms with Crippen LogP contribution in [0.1, 0.15) is 5.69 Å². The molecule has 4 rings (SSSR count). The van der Waals surface area contributed by atoms with E-state index in [1.807, 2.05) is 49.6 Å². The van der Waals surface area contributed by atoms with Crippen molar-refractivity contribution in [3.05, 3.63) is 65.8 Å². The normalized spacial score (nSPS) is 10.9. The molecular formula is C17H12ClN5S. The average molecular weight is 354 g/mol. The molecule has 0 unspecified atom stereocenters. The van der Waals surface area contributed by atoms with Crippen molar-refractivity contribution in [2.75, 3.05) is 0 Å². The number of rotatable bonds is 3. The number of hydrogen-bond donors (Lipinski definition) is 0. The SMILES string of the molecule is Cc1nc(-c2cccnc2)sc1-c1ccn(-c2cccc(Cl)n2)n1. The summed E-state index contributed by atoms with van der Waals surface area (Å²) in [6.07, 6.45) is 5.44. The zero-order chi connectivity index (χ0) is 16.5. The summed E-state index contributed by atoms with van der Waals surface area (Å²) in [7, 11) is 0. The summed E-state index contributed by atoms with van der Waals surface area (Å²) >= 11 is 7.55. The molecule has 0 spiro atoms. The predicted molar refractivity (Wildman–Crippen MR) is 95.4 cm³/mol.